The molecule has 1 fully saturated rings. The lowest BCUT2D eigenvalue weighted by atomic mass is 9.91. The first-order chi connectivity index (χ1) is 11.5. The Labute approximate surface area is 139 Å². The molecule has 8 heteroatoms. The van der Waals surface area contributed by atoms with Crippen molar-refractivity contribution in [2.24, 2.45) is 0 Å². The van der Waals surface area contributed by atoms with Crippen LogP contribution in [0.5, 0.6) is 0 Å². The molecule has 1 aliphatic carbocycles. The van der Waals surface area contributed by atoms with E-state index in [2.05, 4.69) is 25.5 Å². The zero-order valence-electron chi connectivity index (χ0n) is 14.0. The maximum Gasteiger partial charge on any atom is 0.254 e. The third kappa shape index (κ3) is 3.69. The molecule has 1 saturated carbocycles. The van der Waals surface area contributed by atoms with Crippen molar-refractivity contribution in [3.63, 3.8) is 0 Å². The van der Waals surface area contributed by atoms with Gasteiger partial charge in [0, 0.05) is 23.3 Å². The summed E-state index contributed by atoms with van der Waals surface area (Å²) in [6.07, 6.45) is 7.33. The zero-order chi connectivity index (χ0) is 17.1. The van der Waals surface area contributed by atoms with Crippen LogP contribution in [0.3, 0.4) is 0 Å². The maximum atomic E-state index is 12.3. The molecule has 0 radical (unpaired) electrons. The van der Waals surface area contributed by atoms with E-state index in [9.17, 15) is 9.59 Å². The fourth-order valence-corrected chi connectivity index (χ4v) is 3.31. The van der Waals surface area contributed by atoms with E-state index in [4.69, 9.17) is 0 Å². The van der Waals surface area contributed by atoms with E-state index in [1.807, 2.05) is 4.57 Å². The minimum absolute atomic E-state index is 0.0693. The number of H-pyrrole nitrogens is 1. The van der Waals surface area contributed by atoms with Crippen LogP contribution < -0.4 is 10.9 Å². The molecule has 0 aromatic carbocycles. The maximum absolute atomic E-state index is 12.3. The van der Waals surface area contributed by atoms with E-state index in [1.165, 1.54) is 0 Å². The fourth-order valence-electron chi connectivity index (χ4n) is 3.31. The monoisotopic (exact) mass is 330 g/mol. The van der Waals surface area contributed by atoms with Crippen LogP contribution in [0.4, 0.5) is 0 Å². The molecule has 1 amide bonds. The molecule has 128 valence electrons. The molecule has 0 aliphatic heterocycles. The van der Waals surface area contributed by atoms with E-state index in [0.29, 0.717) is 23.1 Å². The summed E-state index contributed by atoms with van der Waals surface area (Å²) in [6.45, 7) is 3.49. The van der Waals surface area contributed by atoms with Gasteiger partial charge in [-0.25, -0.2) is 4.98 Å². The first-order valence-corrected chi connectivity index (χ1v) is 8.23. The van der Waals surface area contributed by atoms with Crippen molar-refractivity contribution in [1.82, 2.24) is 30.0 Å². The molecular formula is C16H22N6O2. The van der Waals surface area contributed by atoms with Crippen LogP contribution in [-0.2, 0) is 11.2 Å². The summed E-state index contributed by atoms with van der Waals surface area (Å²) < 4.78 is 2.03. The second-order valence-electron chi connectivity index (χ2n) is 6.37. The molecule has 24 heavy (non-hydrogen) atoms. The summed E-state index contributed by atoms with van der Waals surface area (Å²) in [7, 11) is 0. The Hall–Kier alpha value is -2.51. The summed E-state index contributed by atoms with van der Waals surface area (Å²) >= 11 is 0. The van der Waals surface area contributed by atoms with Gasteiger partial charge < -0.3 is 14.9 Å². The number of nitrogens with one attached hydrogen (secondary N) is 2. The Morgan fingerprint density at radius 2 is 1.92 bits per heavy atom. The molecule has 1 aliphatic rings. The third-order valence-electron chi connectivity index (χ3n) is 4.60. The number of rotatable bonds is 4. The lowest BCUT2D eigenvalue weighted by Crippen LogP contribution is -2.39. The van der Waals surface area contributed by atoms with Gasteiger partial charge >= 0.3 is 0 Å². The molecule has 0 atom stereocenters. The summed E-state index contributed by atoms with van der Waals surface area (Å²) in [5.74, 6) is 0.441. The number of aromatic nitrogens is 5. The molecule has 0 spiro atoms. The molecule has 0 bridgehead atoms. The molecule has 3 rings (SSSR count). The average molecular weight is 330 g/mol. The number of carbonyl (C=O) groups is 1. The Kier molecular flexibility index (Phi) is 4.73. The standard InChI is InChI=1S/C16H22N6O2/c1-10-14(16(24)20-11(2)19-10)7-15(23)21-12-3-5-13(6-4-12)22-8-17-18-9-22/h8-9,12-13H,3-7H2,1-2H3,(H,21,23)(H,19,20,24). The predicted octanol–water partition coefficient (Wildman–Crippen LogP) is 0.821. The quantitative estimate of drug-likeness (QED) is 0.863. The van der Waals surface area contributed by atoms with E-state index in [1.54, 1.807) is 26.5 Å². The Bertz CT molecular complexity index is 759. The van der Waals surface area contributed by atoms with Gasteiger partial charge in [-0.15, -0.1) is 10.2 Å². The first kappa shape index (κ1) is 16.4. The van der Waals surface area contributed by atoms with Crippen molar-refractivity contribution in [2.45, 2.75) is 58.0 Å². The number of aromatic amines is 1. The average Bonchev–Trinajstić information content (AvgIpc) is 3.06. The molecule has 2 N–H and O–H groups in total. The second-order valence-corrected chi connectivity index (χ2v) is 6.37. The highest BCUT2D eigenvalue weighted by Crippen LogP contribution is 2.27. The molecule has 2 aromatic rings. The topological polar surface area (TPSA) is 106 Å². The largest absolute Gasteiger partial charge is 0.353 e. The number of carbonyl (C=O) groups excluding carboxylic acids is 1. The van der Waals surface area contributed by atoms with Crippen LogP contribution in [0, 0.1) is 13.8 Å². The third-order valence-corrected chi connectivity index (χ3v) is 4.60. The number of hydrogen-bond donors (Lipinski definition) is 2. The van der Waals surface area contributed by atoms with Crippen LogP contribution in [0.25, 0.3) is 0 Å². The van der Waals surface area contributed by atoms with Crippen molar-refractivity contribution in [1.29, 1.82) is 0 Å². The number of hydrogen-bond acceptors (Lipinski definition) is 5. The van der Waals surface area contributed by atoms with Crippen LogP contribution in [-0.4, -0.2) is 36.7 Å². The number of aryl methyl sites for hydroxylation is 2. The van der Waals surface area contributed by atoms with Gasteiger partial charge in [0.05, 0.1) is 6.42 Å². The van der Waals surface area contributed by atoms with Gasteiger partial charge in [-0.05, 0) is 39.5 Å². The van der Waals surface area contributed by atoms with Crippen molar-refractivity contribution in [3.8, 4) is 0 Å². The van der Waals surface area contributed by atoms with Crippen LogP contribution in [0.1, 0.15) is 48.8 Å². The highest BCUT2D eigenvalue weighted by Gasteiger charge is 2.24. The van der Waals surface area contributed by atoms with Crippen LogP contribution in [0.15, 0.2) is 17.4 Å². The first-order valence-electron chi connectivity index (χ1n) is 8.23. The van der Waals surface area contributed by atoms with Gasteiger partial charge in [-0.3, -0.25) is 9.59 Å². The summed E-state index contributed by atoms with van der Waals surface area (Å²) in [6, 6.07) is 0.558. The van der Waals surface area contributed by atoms with E-state index >= 15 is 0 Å². The normalized spacial score (nSPS) is 20.8. The van der Waals surface area contributed by atoms with Gasteiger partial charge in [0.1, 0.15) is 18.5 Å². The molecule has 8 nitrogen and oxygen atoms in total. The Balaban J connectivity index is 1.54. The molecule has 0 unspecified atom stereocenters. The van der Waals surface area contributed by atoms with Gasteiger partial charge in [0.15, 0.2) is 0 Å². The number of amides is 1. The lowest BCUT2D eigenvalue weighted by Gasteiger charge is -2.29. The minimum Gasteiger partial charge on any atom is -0.353 e. The summed E-state index contributed by atoms with van der Waals surface area (Å²) in [5.41, 5.74) is 0.824. The van der Waals surface area contributed by atoms with E-state index in [-0.39, 0.29) is 23.9 Å². The van der Waals surface area contributed by atoms with Gasteiger partial charge in [0.25, 0.3) is 5.56 Å². The van der Waals surface area contributed by atoms with E-state index < -0.39 is 0 Å². The zero-order valence-corrected chi connectivity index (χ0v) is 14.0. The van der Waals surface area contributed by atoms with Crippen molar-refractivity contribution in [2.75, 3.05) is 0 Å². The lowest BCUT2D eigenvalue weighted by molar-refractivity contribution is -0.121. The van der Waals surface area contributed by atoms with Crippen LogP contribution in [0.2, 0.25) is 0 Å². The fraction of sp³-hybridized carbons (Fsp3) is 0.562. The van der Waals surface area contributed by atoms with Gasteiger partial charge in [-0.2, -0.15) is 0 Å². The Morgan fingerprint density at radius 1 is 1.25 bits per heavy atom. The highest BCUT2D eigenvalue weighted by atomic mass is 16.2. The Morgan fingerprint density at radius 3 is 2.54 bits per heavy atom. The predicted molar refractivity (Wildman–Crippen MR) is 87.5 cm³/mol. The van der Waals surface area contributed by atoms with Gasteiger partial charge in [0.2, 0.25) is 5.91 Å². The molecule has 2 heterocycles. The molecular weight excluding hydrogens is 308 g/mol. The van der Waals surface area contributed by atoms with Crippen LogP contribution >= 0.6 is 0 Å². The molecule has 2 aromatic heterocycles. The second kappa shape index (κ2) is 6.94. The highest BCUT2D eigenvalue weighted by molar-refractivity contribution is 5.79. The van der Waals surface area contributed by atoms with Crippen molar-refractivity contribution < 1.29 is 4.79 Å². The summed E-state index contributed by atoms with van der Waals surface area (Å²) in [4.78, 5) is 31.1. The molecule has 0 saturated heterocycles. The van der Waals surface area contributed by atoms with Crippen molar-refractivity contribution in [3.05, 3.63) is 40.1 Å². The number of nitrogens with zero attached hydrogens (tertiary/aromatic N) is 4. The smallest absolute Gasteiger partial charge is 0.254 e. The SMILES string of the molecule is Cc1nc(C)c(CC(=O)NC2CCC(n3cnnc3)CC2)c(=O)[nH]1. The minimum atomic E-state index is -0.230. The van der Waals surface area contributed by atoms with E-state index in [0.717, 1.165) is 25.7 Å². The summed E-state index contributed by atoms with van der Waals surface area (Å²) in [5, 5.41) is 10.7. The van der Waals surface area contributed by atoms with Crippen molar-refractivity contribution >= 4 is 5.91 Å². The van der Waals surface area contributed by atoms with Gasteiger partial charge in [-0.1, -0.05) is 0 Å².